The monoisotopic (exact) mass is 324 g/mol. The van der Waals surface area contributed by atoms with Gasteiger partial charge in [0.25, 0.3) is 0 Å². The molecule has 0 spiro atoms. The van der Waals surface area contributed by atoms with Crippen LogP contribution >= 0.6 is 0 Å². The number of aryl methyl sites for hydroxylation is 1. The minimum Gasteiger partial charge on any atom is -0.341 e. The van der Waals surface area contributed by atoms with Crippen molar-refractivity contribution in [1.82, 2.24) is 4.90 Å². The molecule has 0 saturated heterocycles. The molecule has 126 valence electrons. The Balaban J connectivity index is 2.07. The van der Waals surface area contributed by atoms with Gasteiger partial charge in [-0.15, -0.1) is 0 Å². The summed E-state index contributed by atoms with van der Waals surface area (Å²) in [7, 11) is 1.72. The van der Waals surface area contributed by atoms with E-state index in [9.17, 15) is 9.59 Å². The Morgan fingerprint density at radius 1 is 1.04 bits per heavy atom. The molecule has 0 aromatic heterocycles. The second-order valence-corrected chi connectivity index (χ2v) is 6.60. The molecular weight excluding hydrogens is 300 g/mol. The summed E-state index contributed by atoms with van der Waals surface area (Å²) in [5.74, 6) is -0.519. The van der Waals surface area contributed by atoms with Crippen molar-refractivity contribution in [3.63, 3.8) is 0 Å². The number of rotatable bonds is 5. The summed E-state index contributed by atoms with van der Waals surface area (Å²) >= 11 is 0. The molecule has 2 rings (SSSR count). The first-order valence-corrected chi connectivity index (χ1v) is 7.98. The van der Waals surface area contributed by atoms with Crippen LogP contribution in [0.1, 0.15) is 25.0 Å². The summed E-state index contributed by atoms with van der Waals surface area (Å²) < 4.78 is 0. The van der Waals surface area contributed by atoms with Gasteiger partial charge < -0.3 is 10.2 Å². The van der Waals surface area contributed by atoms with Gasteiger partial charge in [-0.05, 0) is 44.0 Å². The van der Waals surface area contributed by atoms with Gasteiger partial charge in [-0.3, -0.25) is 9.59 Å². The van der Waals surface area contributed by atoms with Crippen LogP contribution in [0.5, 0.6) is 0 Å². The van der Waals surface area contributed by atoms with Crippen LogP contribution in [0.2, 0.25) is 0 Å². The normalized spacial score (nSPS) is 11.0. The Morgan fingerprint density at radius 2 is 1.71 bits per heavy atom. The fourth-order valence-corrected chi connectivity index (χ4v) is 2.51. The average Bonchev–Trinajstić information content (AvgIpc) is 2.55. The predicted molar refractivity (Wildman–Crippen MR) is 96.5 cm³/mol. The van der Waals surface area contributed by atoms with Crippen LogP contribution in [0.25, 0.3) is 0 Å². The van der Waals surface area contributed by atoms with Crippen molar-refractivity contribution in [3.05, 3.63) is 65.7 Å². The van der Waals surface area contributed by atoms with Gasteiger partial charge in [-0.2, -0.15) is 0 Å². The Bertz CT molecular complexity index is 723. The van der Waals surface area contributed by atoms with E-state index in [1.165, 1.54) is 0 Å². The lowest BCUT2D eigenvalue weighted by Gasteiger charge is -2.28. The molecule has 2 amide bonds. The molecule has 4 nitrogen and oxygen atoms in total. The molecule has 2 aromatic carbocycles. The first-order chi connectivity index (χ1) is 11.3. The van der Waals surface area contributed by atoms with Crippen molar-refractivity contribution < 1.29 is 9.59 Å². The maximum absolute atomic E-state index is 12.7. The van der Waals surface area contributed by atoms with Crippen LogP contribution in [0.15, 0.2) is 54.6 Å². The Hall–Kier alpha value is -2.62. The van der Waals surface area contributed by atoms with Gasteiger partial charge in [0.15, 0.2) is 0 Å². The molecule has 4 heteroatoms. The van der Waals surface area contributed by atoms with Crippen LogP contribution in [-0.4, -0.2) is 23.8 Å². The van der Waals surface area contributed by atoms with E-state index in [-0.39, 0.29) is 11.8 Å². The standard InChI is InChI=1S/C20H24N2O2/c1-15-9-8-12-17(13-15)21-18(23)20(2,3)19(24)22(4)14-16-10-6-5-7-11-16/h5-13H,14H2,1-4H3,(H,21,23). The highest BCUT2D eigenvalue weighted by molar-refractivity contribution is 6.09. The largest absolute Gasteiger partial charge is 0.341 e. The van der Waals surface area contributed by atoms with Crippen LogP contribution in [0.3, 0.4) is 0 Å². The topological polar surface area (TPSA) is 49.4 Å². The average molecular weight is 324 g/mol. The molecule has 0 atom stereocenters. The van der Waals surface area contributed by atoms with Gasteiger partial charge in [-0.25, -0.2) is 0 Å². The zero-order valence-corrected chi connectivity index (χ0v) is 14.7. The maximum atomic E-state index is 12.7. The van der Waals surface area contributed by atoms with Gasteiger partial charge in [0, 0.05) is 19.3 Å². The molecule has 0 radical (unpaired) electrons. The molecule has 0 aliphatic rings. The molecule has 2 aromatic rings. The molecule has 0 bridgehead atoms. The molecule has 0 saturated carbocycles. The van der Waals surface area contributed by atoms with Crippen LogP contribution in [0.4, 0.5) is 5.69 Å². The predicted octanol–water partition coefficient (Wildman–Crippen LogP) is 3.62. The molecule has 0 heterocycles. The van der Waals surface area contributed by atoms with Crippen LogP contribution in [0, 0.1) is 12.3 Å². The number of benzene rings is 2. The van der Waals surface area contributed by atoms with Gasteiger partial charge in [0.05, 0.1) is 0 Å². The summed E-state index contributed by atoms with van der Waals surface area (Å²) in [6, 6.07) is 17.3. The third-order valence-corrected chi connectivity index (χ3v) is 3.99. The quantitative estimate of drug-likeness (QED) is 0.854. The highest BCUT2D eigenvalue weighted by atomic mass is 16.2. The second kappa shape index (κ2) is 7.30. The fraction of sp³-hybridized carbons (Fsp3) is 0.300. The lowest BCUT2D eigenvalue weighted by Crippen LogP contribution is -2.45. The number of hydrogen-bond acceptors (Lipinski definition) is 2. The zero-order valence-electron chi connectivity index (χ0n) is 14.7. The highest BCUT2D eigenvalue weighted by Gasteiger charge is 2.38. The minimum absolute atomic E-state index is 0.212. The first kappa shape index (κ1) is 17.7. The van der Waals surface area contributed by atoms with E-state index in [2.05, 4.69) is 5.32 Å². The van der Waals surface area contributed by atoms with Crippen molar-refractivity contribution in [2.75, 3.05) is 12.4 Å². The third-order valence-electron chi connectivity index (χ3n) is 3.99. The van der Waals surface area contributed by atoms with Crippen molar-refractivity contribution >= 4 is 17.5 Å². The van der Waals surface area contributed by atoms with Crippen molar-refractivity contribution in [1.29, 1.82) is 0 Å². The number of nitrogens with one attached hydrogen (secondary N) is 1. The number of carbonyl (C=O) groups is 2. The highest BCUT2D eigenvalue weighted by Crippen LogP contribution is 2.22. The number of nitrogens with zero attached hydrogens (tertiary/aromatic N) is 1. The van der Waals surface area contributed by atoms with Crippen molar-refractivity contribution in [2.24, 2.45) is 5.41 Å². The Kier molecular flexibility index (Phi) is 5.39. The number of anilines is 1. The van der Waals surface area contributed by atoms with Gasteiger partial charge in [0.2, 0.25) is 11.8 Å². The summed E-state index contributed by atoms with van der Waals surface area (Å²) in [5, 5.41) is 2.84. The van der Waals surface area contributed by atoms with Crippen LogP contribution < -0.4 is 5.32 Å². The van der Waals surface area contributed by atoms with E-state index in [1.54, 1.807) is 25.8 Å². The minimum atomic E-state index is -1.15. The molecule has 24 heavy (non-hydrogen) atoms. The maximum Gasteiger partial charge on any atom is 0.239 e. The summed E-state index contributed by atoms with van der Waals surface area (Å²) in [6.07, 6.45) is 0. The number of carbonyl (C=O) groups excluding carboxylic acids is 2. The van der Waals surface area contributed by atoms with E-state index in [4.69, 9.17) is 0 Å². The van der Waals surface area contributed by atoms with E-state index >= 15 is 0 Å². The Labute approximate surface area is 143 Å². The molecule has 0 aliphatic carbocycles. The number of hydrogen-bond donors (Lipinski definition) is 1. The SMILES string of the molecule is Cc1cccc(NC(=O)C(C)(C)C(=O)N(C)Cc2ccccc2)c1. The summed E-state index contributed by atoms with van der Waals surface area (Å²) in [4.78, 5) is 26.9. The molecule has 1 N–H and O–H groups in total. The van der Waals surface area contributed by atoms with E-state index < -0.39 is 5.41 Å². The number of amides is 2. The molecular formula is C20H24N2O2. The third kappa shape index (κ3) is 4.22. The van der Waals surface area contributed by atoms with Crippen molar-refractivity contribution in [3.8, 4) is 0 Å². The lowest BCUT2D eigenvalue weighted by molar-refractivity contribution is -0.145. The smallest absolute Gasteiger partial charge is 0.239 e. The van der Waals surface area contributed by atoms with E-state index in [0.29, 0.717) is 12.2 Å². The molecule has 0 unspecified atom stereocenters. The van der Waals surface area contributed by atoms with E-state index in [0.717, 1.165) is 11.1 Å². The second-order valence-electron chi connectivity index (χ2n) is 6.60. The lowest BCUT2D eigenvalue weighted by atomic mass is 9.90. The van der Waals surface area contributed by atoms with Gasteiger partial charge in [0.1, 0.15) is 5.41 Å². The zero-order chi connectivity index (χ0) is 17.7. The van der Waals surface area contributed by atoms with Crippen LogP contribution in [-0.2, 0) is 16.1 Å². The summed E-state index contributed by atoms with van der Waals surface area (Å²) in [5.41, 5.74) is 1.64. The van der Waals surface area contributed by atoms with E-state index in [1.807, 2.05) is 61.5 Å². The Morgan fingerprint density at radius 3 is 2.33 bits per heavy atom. The molecule has 0 fully saturated rings. The van der Waals surface area contributed by atoms with Crippen molar-refractivity contribution in [2.45, 2.75) is 27.3 Å². The molecule has 0 aliphatic heterocycles. The summed E-state index contributed by atoms with van der Waals surface area (Å²) in [6.45, 7) is 5.74. The first-order valence-electron chi connectivity index (χ1n) is 7.98. The van der Waals surface area contributed by atoms with Gasteiger partial charge >= 0.3 is 0 Å². The fourth-order valence-electron chi connectivity index (χ4n) is 2.51. The van der Waals surface area contributed by atoms with Gasteiger partial charge in [-0.1, -0.05) is 42.5 Å².